The number of rotatable bonds is 4. The van der Waals surface area contributed by atoms with Crippen LogP contribution < -0.4 is 10.2 Å². The van der Waals surface area contributed by atoms with Crippen LogP contribution in [0.1, 0.15) is 15.4 Å². The zero-order valence-electron chi connectivity index (χ0n) is 18.5. The van der Waals surface area contributed by atoms with Crippen molar-refractivity contribution in [2.24, 2.45) is 0 Å². The van der Waals surface area contributed by atoms with Gasteiger partial charge in [-0.15, -0.1) is 10.2 Å². The number of amides is 1. The summed E-state index contributed by atoms with van der Waals surface area (Å²) in [5, 5.41) is 9.53. The average molecular weight is 501 g/mol. The topological polar surface area (TPSA) is 100 Å². The summed E-state index contributed by atoms with van der Waals surface area (Å²) < 4.78 is 39.0. The Kier molecular flexibility index (Phi) is 6.03. The van der Waals surface area contributed by atoms with Crippen LogP contribution in [-0.4, -0.2) is 69.2 Å². The number of likely N-dealkylation sites (N-methyl/N-ethyl adjacent to an activating group) is 1. The lowest BCUT2D eigenvalue weighted by Gasteiger charge is -2.33. The number of fused-ring (bicyclic) bond motifs is 1. The number of aromatic nitrogens is 5. The van der Waals surface area contributed by atoms with Crippen molar-refractivity contribution in [2.45, 2.75) is 6.18 Å². The molecule has 180 valence electrons. The summed E-state index contributed by atoms with van der Waals surface area (Å²) in [4.78, 5) is 30.0. The highest BCUT2D eigenvalue weighted by atomic mass is 32.1. The molecule has 0 bridgehead atoms. The number of alkyl halides is 3. The first kappa shape index (κ1) is 23.1. The van der Waals surface area contributed by atoms with Crippen molar-refractivity contribution in [1.82, 2.24) is 30.0 Å². The number of nitrogens with one attached hydrogen (secondary N) is 1. The Bertz CT molecular complexity index is 1370. The normalized spacial score (nSPS) is 14.9. The number of benzene rings is 1. The summed E-state index contributed by atoms with van der Waals surface area (Å²) in [5.41, 5.74) is 1.31. The second-order valence-corrected chi connectivity index (χ2v) is 8.97. The fourth-order valence-corrected chi connectivity index (χ4v) is 4.40. The van der Waals surface area contributed by atoms with E-state index in [1.54, 1.807) is 30.3 Å². The van der Waals surface area contributed by atoms with Gasteiger partial charge in [0.25, 0.3) is 5.91 Å². The largest absolute Gasteiger partial charge is 0.445 e. The first-order chi connectivity index (χ1) is 16.8. The Morgan fingerprint density at radius 1 is 1.03 bits per heavy atom. The molecule has 1 N–H and O–H groups in total. The first-order valence-electron chi connectivity index (χ1n) is 10.7. The lowest BCUT2D eigenvalue weighted by molar-refractivity contribution is -0.138. The molecule has 0 saturated carbocycles. The highest BCUT2D eigenvalue weighted by molar-refractivity contribution is 7.14. The fraction of sp³-hybridized carbons (Fsp3) is 0.273. The van der Waals surface area contributed by atoms with Crippen LogP contribution in [0.15, 0.2) is 42.7 Å². The predicted molar refractivity (Wildman–Crippen MR) is 125 cm³/mol. The van der Waals surface area contributed by atoms with E-state index in [1.165, 1.54) is 12.4 Å². The number of halogens is 3. The van der Waals surface area contributed by atoms with Crippen molar-refractivity contribution in [3.05, 3.63) is 53.3 Å². The lowest BCUT2D eigenvalue weighted by atomic mass is 10.1. The minimum Gasteiger partial charge on any atom is -0.353 e. The summed E-state index contributed by atoms with van der Waals surface area (Å²) in [5.74, 6) is 0.345. The van der Waals surface area contributed by atoms with Gasteiger partial charge in [0.05, 0.1) is 5.52 Å². The summed E-state index contributed by atoms with van der Waals surface area (Å²) in [6.07, 6.45) is -1.54. The molecule has 4 aromatic rings. The third-order valence-electron chi connectivity index (χ3n) is 5.56. The van der Waals surface area contributed by atoms with Crippen molar-refractivity contribution in [3.8, 4) is 10.6 Å². The Balaban J connectivity index is 1.56. The zero-order chi connectivity index (χ0) is 24.6. The molecule has 0 atom stereocenters. The molecule has 0 aliphatic carbocycles. The fourth-order valence-electron chi connectivity index (χ4n) is 3.69. The Morgan fingerprint density at radius 3 is 2.46 bits per heavy atom. The third kappa shape index (κ3) is 4.91. The Hall–Kier alpha value is -3.71. The van der Waals surface area contributed by atoms with Crippen LogP contribution in [0.5, 0.6) is 0 Å². The van der Waals surface area contributed by atoms with Crippen LogP contribution in [0.25, 0.3) is 21.5 Å². The summed E-state index contributed by atoms with van der Waals surface area (Å²) in [6, 6.07) is 8.23. The van der Waals surface area contributed by atoms with Crippen molar-refractivity contribution >= 4 is 39.9 Å². The number of hydrogen-bond donors (Lipinski definition) is 1. The van der Waals surface area contributed by atoms with Gasteiger partial charge in [-0.25, -0.2) is 4.98 Å². The van der Waals surface area contributed by atoms with Crippen molar-refractivity contribution in [1.29, 1.82) is 0 Å². The van der Waals surface area contributed by atoms with Crippen molar-refractivity contribution in [2.75, 3.05) is 43.4 Å². The van der Waals surface area contributed by atoms with Gasteiger partial charge >= 0.3 is 6.18 Å². The predicted octanol–water partition coefficient (Wildman–Crippen LogP) is 3.57. The molecule has 1 saturated heterocycles. The summed E-state index contributed by atoms with van der Waals surface area (Å²) >= 11 is 0.464. The van der Waals surface area contributed by atoms with Gasteiger partial charge in [0.15, 0.2) is 0 Å². The number of hydrogen-bond acceptors (Lipinski definition) is 9. The van der Waals surface area contributed by atoms with Gasteiger partial charge < -0.3 is 9.80 Å². The molecule has 0 spiro atoms. The molecule has 1 aromatic carbocycles. The monoisotopic (exact) mass is 500 g/mol. The number of anilines is 2. The molecule has 9 nitrogen and oxygen atoms in total. The number of carbonyl (C=O) groups is 1. The number of piperazine rings is 1. The molecule has 4 heterocycles. The quantitative estimate of drug-likeness (QED) is 0.454. The summed E-state index contributed by atoms with van der Waals surface area (Å²) in [7, 11) is 2.04. The lowest BCUT2D eigenvalue weighted by Crippen LogP contribution is -2.45. The molecule has 1 fully saturated rings. The molecular formula is C22H19F3N8OS. The minimum atomic E-state index is -4.56. The average Bonchev–Trinajstić information content (AvgIpc) is 3.35. The number of nitrogens with zero attached hydrogens (tertiary/aromatic N) is 7. The summed E-state index contributed by atoms with van der Waals surface area (Å²) in [6.45, 7) is 3.14. The van der Waals surface area contributed by atoms with E-state index in [9.17, 15) is 18.0 Å². The molecule has 35 heavy (non-hydrogen) atoms. The van der Waals surface area contributed by atoms with E-state index in [2.05, 4.69) is 40.3 Å². The maximum Gasteiger partial charge on any atom is 0.445 e. The maximum atomic E-state index is 13.0. The Labute approximate surface area is 201 Å². The van der Waals surface area contributed by atoms with Crippen LogP contribution in [0, 0.1) is 0 Å². The molecule has 1 aliphatic heterocycles. The number of carbonyl (C=O) groups excluding carboxylic acids is 1. The van der Waals surface area contributed by atoms with E-state index in [-0.39, 0.29) is 11.0 Å². The first-order valence-corrected chi connectivity index (χ1v) is 11.5. The van der Waals surface area contributed by atoms with E-state index in [1.807, 2.05) is 7.05 Å². The number of pyridine rings is 1. The van der Waals surface area contributed by atoms with E-state index >= 15 is 0 Å². The van der Waals surface area contributed by atoms with E-state index < -0.39 is 17.1 Å². The molecule has 0 radical (unpaired) electrons. The van der Waals surface area contributed by atoms with Crippen molar-refractivity contribution < 1.29 is 18.0 Å². The molecule has 0 unspecified atom stereocenters. The third-order valence-corrected chi connectivity index (χ3v) is 6.58. The SMILES string of the molecule is CN1CCN(c2nc(NC(=O)c3ccncc3)nc3cc(-c4nnc(C(F)(F)F)s4)ccc23)CC1. The molecular weight excluding hydrogens is 481 g/mol. The smallest absolute Gasteiger partial charge is 0.353 e. The molecule has 13 heteroatoms. The van der Waals surface area contributed by atoms with Gasteiger partial charge in [0, 0.05) is 55.1 Å². The van der Waals surface area contributed by atoms with Gasteiger partial charge in [-0.1, -0.05) is 17.4 Å². The van der Waals surface area contributed by atoms with E-state index in [0.29, 0.717) is 33.8 Å². The second-order valence-electron chi connectivity index (χ2n) is 7.99. The van der Waals surface area contributed by atoms with Gasteiger partial charge in [0.2, 0.25) is 11.0 Å². The van der Waals surface area contributed by atoms with Crippen LogP contribution in [-0.2, 0) is 6.18 Å². The van der Waals surface area contributed by atoms with Gasteiger partial charge in [-0.05, 0) is 31.3 Å². The highest BCUT2D eigenvalue weighted by Gasteiger charge is 2.35. The molecule has 3 aromatic heterocycles. The zero-order valence-corrected chi connectivity index (χ0v) is 19.3. The van der Waals surface area contributed by atoms with Crippen molar-refractivity contribution in [3.63, 3.8) is 0 Å². The molecule has 1 aliphatic rings. The Morgan fingerprint density at radius 2 is 1.77 bits per heavy atom. The van der Waals surface area contributed by atoms with E-state index in [4.69, 9.17) is 0 Å². The minimum absolute atomic E-state index is 0.0960. The van der Waals surface area contributed by atoms with Crippen LogP contribution in [0.3, 0.4) is 0 Å². The standard InChI is InChI=1S/C22H19F3N8OS/c1-32-8-10-33(11-9-32)17-15-3-2-14(19-30-31-20(35-19)22(23,24)25)12-16(15)27-21(28-17)29-18(34)13-4-6-26-7-5-13/h2-7,12H,8-11H2,1H3,(H,27,28,29,34). The second kappa shape index (κ2) is 9.15. The van der Waals surface area contributed by atoms with Crippen LogP contribution >= 0.6 is 11.3 Å². The van der Waals surface area contributed by atoms with Gasteiger partial charge in [-0.2, -0.15) is 18.2 Å². The van der Waals surface area contributed by atoms with E-state index in [0.717, 1.165) is 31.6 Å². The molecule has 5 rings (SSSR count). The van der Waals surface area contributed by atoms with Crippen LogP contribution in [0.4, 0.5) is 24.9 Å². The van der Waals surface area contributed by atoms with Crippen LogP contribution in [0.2, 0.25) is 0 Å². The highest BCUT2D eigenvalue weighted by Crippen LogP contribution is 2.36. The molecule has 1 amide bonds. The van der Waals surface area contributed by atoms with Gasteiger partial charge in [-0.3, -0.25) is 15.1 Å². The maximum absolute atomic E-state index is 13.0. The van der Waals surface area contributed by atoms with Gasteiger partial charge in [0.1, 0.15) is 10.8 Å².